The van der Waals surface area contributed by atoms with Crippen LogP contribution in [0.25, 0.3) is 0 Å². The van der Waals surface area contributed by atoms with Crippen molar-refractivity contribution in [3.05, 3.63) is 52.0 Å². The molecule has 1 aromatic carbocycles. The molecular weight excluding hydrogens is 247 g/mol. The average molecular weight is 264 g/mol. The lowest BCUT2D eigenvalue weighted by molar-refractivity contribution is 0.615. The van der Waals surface area contributed by atoms with Crippen LogP contribution < -0.4 is 10.6 Å². The van der Waals surface area contributed by atoms with Gasteiger partial charge >= 0.3 is 0 Å². The largest absolute Gasteiger partial charge is 0.364 e. The van der Waals surface area contributed by atoms with Gasteiger partial charge in [0, 0.05) is 18.0 Å². The molecule has 18 heavy (non-hydrogen) atoms. The highest BCUT2D eigenvalue weighted by molar-refractivity contribution is 7.09. The summed E-state index contributed by atoms with van der Waals surface area (Å²) in [5, 5.41) is 2.04. The minimum absolute atomic E-state index is 0.198. The van der Waals surface area contributed by atoms with Crippen molar-refractivity contribution in [2.75, 3.05) is 11.4 Å². The van der Waals surface area contributed by atoms with Crippen LogP contribution in [0.3, 0.4) is 0 Å². The normalized spacial score (nSPS) is 10.6. The number of hydrogen-bond donors (Lipinski definition) is 1. The predicted octanol–water partition coefficient (Wildman–Crippen LogP) is 3.37. The molecule has 0 aliphatic heterocycles. The number of halogens is 1. The Labute approximate surface area is 111 Å². The van der Waals surface area contributed by atoms with Gasteiger partial charge in [0.15, 0.2) is 0 Å². The fraction of sp³-hybridized carbons (Fsp3) is 0.286. The van der Waals surface area contributed by atoms with Gasteiger partial charge in [0.05, 0.1) is 12.2 Å². The smallest absolute Gasteiger partial charge is 0.146 e. The van der Waals surface area contributed by atoms with E-state index in [1.54, 1.807) is 17.4 Å². The lowest BCUT2D eigenvalue weighted by atomic mass is 10.1. The Morgan fingerprint density at radius 2 is 2.11 bits per heavy atom. The Bertz CT molecular complexity index is 497. The molecule has 1 heterocycles. The third kappa shape index (κ3) is 2.71. The van der Waals surface area contributed by atoms with Crippen LogP contribution in [0.1, 0.15) is 17.4 Å². The summed E-state index contributed by atoms with van der Waals surface area (Å²) in [5.74, 6) is -0.198. The van der Waals surface area contributed by atoms with Crippen molar-refractivity contribution in [2.45, 2.75) is 20.0 Å². The molecule has 1 aromatic heterocycles. The van der Waals surface area contributed by atoms with Gasteiger partial charge in [-0.15, -0.1) is 11.3 Å². The Hall–Kier alpha value is -1.39. The number of benzene rings is 1. The van der Waals surface area contributed by atoms with E-state index in [0.717, 1.165) is 18.7 Å². The van der Waals surface area contributed by atoms with Crippen LogP contribution >= 0.6 is 11.3 Å². The van der Waals surface area contributed by atoms with Gasteiger partial charge in [-0.2, -0.15) is 0 Å². The average Bonchev–Trinajstić information content (AvgIpc) is 2.89. The number of hydrogen-bond acceptors (Lipinski definition) is 3. The van der Waals surface area contributed by atoms with Crippen molar-refractivity contribution >= 4 is 17.0 Å². The second-order valence-electron chi connectivity index (χ2n) is 4.05. The number of thiophene rings is 1. The molecule has 0 saturated carbocycles. The third-order valence-electron chi connectivity index (χ3n) is 2.92. The maximum Gasteiger partial charge on any atom is 0.146 e. The molecule has 2 nitrogen and oxygen atoms in total. The van der Waals surface area contributed by atoms with Gasteiger partial charge in [-0.1, -0.05) is 18.2 Å². The molecule has 0 atom stereocenters. The number of anilines is 1. The first-order valence-corrected chi connectivity index (χ1v) is 6.89. The standard InChI is InChI=1S/C14H17FN2S/c1-2-17(10-12-6-4-8-18-12)14-11(9-16)5-3-7-13(14)15/h3-8H,2,9-10,16H2,1H3. The summed E-state index contributed by atoms with van der Waals surface area (Å²) in [7, 11) is 0. The zero-order valence-corrected chi connectivity index (χ0v) is 11.2. The molecule has 96 valence electrons. The highest BCUT2D eigenvalue weighted by atomic mass is 32.1. The van der Waals surface area contributed by atoms with Crippen molar-refractivity contribution in [3.8, 4) is 0 Å². The molecule has 2 N–H and O–H groups in total. The molecule has 0 aliphatic rings. The maximum absolute atomic E-state index is 14.0. The van der Waals surface area contributed by atoms with Crippen molar-refractivity contribution in [1.82, 2.24) is 0 Å². The van der Waals surface area contributed by atoms with Crippen molar-refractivity contribution in [2.24, 2.45) is 5.73 Å². The summed E-state index contributed by atoms with van der Waals surface area (Å²) in [6.45, 7) is 3.86. The topological polar surface area (TPSA) is 29.3 Å². The number of nitrogens with zero attached hydrogens (tertiary/aromatic N) is 1. The number of para-hydroxylation sites is 1. The van der Waals surface area contributed by atoms with E-state index in [9.17, 15) is 4.39 Å². The molecule has 0 spiro atoms. The van der Waals surface area contributed by atoms with E-state index in [1.165, 1.54) is 10.9 Å². The monoisotopic (exact) mass is 264 g/mol. The molecule has 0 amide bonds. The quantitative estimate of drug-likeness (QED) is 0.897. The van der Waals surface area contributed by atoms with Crippen LogP contribution in [-0.4, -0.2) is 6.54 Å². The summed E-state index contributed by atoms with van der Waals surface area (Å²) in [5.41, 5.74) is 7.18. The summed E-state index contributed by atoms with van der Waals surface area (Å²) in [4.78, 5) is 3.26. The molecule has 0 unspecified atom stereocenters. The van der Waals surface area contributed by atoms with Crippen LogP contribution in [0.5, 0.6) is 0 Å². The molecule has 0 bridgehead atoms. The Morgan fingerprint density at radius 3 is 2.72 bits per heavy atom. The van der Waals surface area contributed by atoms with Gasteiger partial charge in [0.25, 0.3) is 0 Å². The van der Waals surface area contributed by atoms with E-state index in [0.29, 0.717) is 12.2 Å². The van der Waals surface area contributed by atoms with E-state index < -0.39 is 0 Å². The van der Waals surface area contributed by atoms with E-state index >= 15 is 0 Å². The van der Waals surface area contributed by atoms with Crippen LogP contribution in [-0.2, 0) is 13.1 Å². The molecule has 0 aliphatic carbocycles. The van der Waals surface area contributed by atoms with Crippen LogP contribution in [0.4, 0.5) is 10.1 Å². The summed E-state index contributed by atoms with van der Waals surface area (Å²) in [6.07, 6.45) is 0. The summed E-state index contributed by atoms with van der Waals surface area (Å²) >= 11 is 1.69. The van der Waals surface area contributed by atoms with Gasteiger partial charge in [-0.25, -0.2) is 4.39 Å². The minimum Gasteiger partial charge on any atom is -0.364 e. The third-order valence-corrected chi connectivity index (χ3v) is 3.78. The molecule has 2 aromatic rings. The highest BCUT2D eigenvalue weighted by Gasteiger charge is 2.14. The molecule has 0 radical (unpaired) electrons. The molecule has 0 fully saturated rings. The fourth-order valence-electron chi connectivity index (χ4n) is 2.02. The molecule has 2 rings (SSSR count). The summed E-state index contributed by atoms with van der Waals surface area (Å²) < 4.78 is 14.0. The SMILES string of the molecule is CCN(Cc1cccs1)c1c(F)cccc1CN. The first-order chi connectivity index (χ1) is 8.76. The van der Waals surface area contributed by atoms with Gasteiger partial charge in [-0.3, -0.25) is 0 Å². The van der Waals surface area contributed by atoms with E-state index in [4.69, 9.17) is 5.73 Å². The first-order valence-electron chi connectivity index (χ1n) is 6.01. The number of nitrogens with two attached hydrogens (primary N) is 1. The van der Waals surface area contributed by atoms with E-state index in [2.05, 4.69) is 6.07 Å². The second kappa shape index (κ2) is 5.98. The van der Waals surface area contributed by atoms with Crippen molar-refractivity contribution < 1.29 is 4.39 Å². The zero-order chi connectivity index (χ0) is 13.0. The van der Waals surface area contributed by atoms with Gasteiger partial charge in [0.2, 0.25) is 0 Å². The molecule has 4 heteroatoms. The fourth-order valence-corrected chi connectivity index (χ4v) is 2.74. The van der Waals surface area contributed by atoms with Gasteiger partial charge in [-0.05, 0) is 30.0 Å². The van der Waals surface area contributed by atoms with Crippen LogP contribution in [0.2, 0.25) is 0 Å². The minimum atomic E-state index is -0.198. The van der Waals surface area contributed by atoms with E-state index in [-0.39, 0.29) is 5.82 Å². The predicted molar refractivity (Wildman–Crippen MR) is 75.3 cm³/mol. The first kappa shape index (κ1) is 13.1. The van der Waals surface area contributed by atoms with Gasteiger partial charge in [0.1, 0.15) is 5.82 Å². The number of rotatable bonds is 5. The van der Waals surface area contributed by atoms with Crippen LogP contribution in [0.15, 0.2) is 35.7 Å². The Morgan fingerprint density at radius 1 is 1.28 bits per heavy atom. The molecule has 0 saturated heterocycles. The van der Waals surface area contributed by atoms with Crippen molar-refractivity contribution in [1.29, 1.82) is 0 Å². The lowest BCUT2D eigenvalue weighted by Crippen LogP contribution is -2.24. The zero-order valence-electron chi connectivity index (χ0n) is 10.4. The maximum atomic E-state index is 14.0. The van der Waals surface area contributed by atoms with Crippen molar-refractivity contribution in [3.63, 3.8) is 0 Å². The van der Waals surface area contributed by atoms with Crippen LogP contribution in [0, 0.1) is 5.82 Å². The second-order valence-corrected chi connectivity index (χ2v) is 5.08. The summed E-state index contributed by atoms with van der Waals surface area (Å²) in [6, 6.07) is 9.16. The van der Waals surface area contributed by atoms with Gasteiger partial charge < -0.3 is 10.6 Å². The van der Waals surface area contributed by atoms with E-state index in [1.807, 2.05) is 29.3 Å². The Balaban J connectivity index is 2.32. The lowest BCUT2D eigenvalue weighted by Gasteiger charge is -2.25. The highest BCUT2D eigenvalue weighted by Crippen LogP contribution is 2.26. The molecular formula is C14H17FN2S. The Kier molecular flexibility index (Phi) is 4.33.